The third kappa shape index (κ3) is 22.9. The molecule has 0 aliphatic carbocycles. The smallest absolute Gasteiger partial charge is 0.180 e. The fraction of sp³-hybridized carbons (Fsp3) is 0.833. The Balaban J connectivity index is 0. The summed E-state index contributed by atoms with van der Waals surface area (Å²) in [5.74, 6) is 1.40. The Morgan fingerprint density at radius 1 is 0.324 bits per heavy atom. The molecule has 4 aliphatic heterocycles. The van der Waals surface area contributed by atoms with Crippen LogP contribution in [0, 0.1) is 0 Å². The third-order valence-electron chi connectivity index (χ3n) is 5.41. The van der Waals surface area contributed by atoms with Gasteiger partial charge in [-0.05, 0) is 51.4 Å². The minimum absolute atomic E-state index is 0. The van der Waals surface area contributed by atoms with Gasteiger partial charge < -0.3 is 20.4 Å². The second-order valence-corrected chi connectivity index (χ2v) is 8.43. The van der Waals surface area contributed by atoms with Crippen LogP contribution in [0.5, 0.6) is 0 Å². The van der Waals surface area contributed by atoms with Crippen molar-refractivity contribution >= 4 is 23.6 Å². The van der Waals surface area contributed by atoms with Crippen LogP contribution in [0.25, 0.3) is 0 Å². The molecule has 8 nitrogen and oxygen atoms in total. The van der Waals surface area contributed by atoms with Gasteiger partial charge in [0.1, 0.15) is 0 Å². The second-order valence-electron chi connectivity index (χ2n) is 8.43. The molecule has 2 radical (unpaired) electrons. The van der Waals surface area contributed by atoms with Gasteiger partial charge in [-0.1, -0.05) is 25.7 Å². The van der Waals surface area contributed by atoms with Crippen molar-refractivity contribution in [3.05, 3.63) is 0 Å². The molecule has 0 saturated carbocycles. The summed E-state index contributed by atoms with van der Waals surface area (Å²) >= 11 is 0. The molecule has 0 amide bonds. The molecule has 202 valence electrons. The van der Waals surface area contributed by atoms with E-state index >= 15 is 0 Å². The van der Waals surface area contributed by atoms with Crippen LogP contribution in [-0.2, 0) is 39.0 Å². The maximum atomic E-state index is 8.84. The minimum atomic E-state index is 0. The molecular weight excluding hydrogens is 614 g/mol. The van der Waals surface area contributed by atoms with Crippen LogP contribution in [0.1, 0.15) is 103 Å². The molecule has 0 aromatic rings. The van der Waals surface area contributed by atoms with Crippen LogP contribution in [-0.4, -0.2) is 70.2 Å². The molecule has 4 rings (SSSR count). The van der Waals surface area contributed by atoms with E-state index in [-0.39, 0.29) is 39.0 Å². The maximum Gasteiger partial charge on any atom is 0.180 e. The molecule has 0 unspecified atom stereocenters. The summed E-state index contributed by atoms with van der Waals surface area (Å²) in [6.45, 7) is 3.30. The number of nitrogens with zero attached hydrogens (tertiary/aromatic N) is 4. The zero-order chi connectivity index (χ0) is 23.3. The predicted octanol–water partition coefficient (Wildman–Crippen LogP) is 6.06. The van der Waals surface area contributed by atoms with E-state index in [2.05, 4.69) is 20.0 Å². The summed E-state index contributed by atoms with van der Waals surface area (Å²) in [6.07, 6.45) is 17.0. The van der Waals surface area contributed by atoms with Crippen molar-refractivity contribution < 1.29 is 59.4 Å². The number of hydrogen-bond donors (Lipinski definition) is 4. The molecular formula is C24H44N4O4Rh2. The monoisotopic (exact) mass is 658 g/mol. The van der Waals surface area contributed by atoms with E-state index in [0.29, 0.717) is 23.6 Å². The van der Waals surface area contributed by atoms with Crippen molar-refractivity contribution in [2.45, 2.75) is 103 Å². The van der Waals surface area contributed by atoms with Gasteiger partial charge >= 0.3 is 0 Å². The largest absolute Gasteiger partial charge is 0.497 e. The molecule has 4 N–H and O–H groups in total. The first-order valence-corrected chi connectivity index (χ1v) is 12.5. The standard InChI is InChI=1S/4C6H11NO.2Rh/c4*8-6-4-2-1-3-5-7-6;;/h4*1-5H2,(H,7,8);;. The zero-order valence-electron chi connectivity index (χ0n) is 20.4. The Bertz CT molecular complexity index is 510. The maximum absolute atomic E-state index is 8.84. The normalized spacial score (nSPS) is 20.5. The van der Waals surface area contributed by atoms with Crippen molar-refractivity contribution in [1.82, 2.24) is 0 Å². The van der Waals surface area contributed by atoms with Crippen LogP contribution in [0.15, 0.2) is 20.0 Å². The molecule has 0 saturated heterocycles. The van der Waals surface area contributed by atoms with Crippen molar-refractivity contribution in [2.24, 2.45) is 20.0 Å². The summed E-state index contributed by atoms with van der Waals surface area (Å²) in [4.78, 5) is 15.6. The Morgan fingerprint density at radius 3 is 0.735 bits per heavy atom. The first-order valence-electron chi connectivity index (χ1n) is 12.5. The molecule has 34 heavy (non-hydrogen) atoms. The number of rotatable bonds is 0. The van der Waals surface area contributed by atoms with Crippen molar-refractivity contribution in [2.75, 3.05) is 26.2 Å². The van der Waals surface area contributed by atoms with E-state index in [9.17, 15) is 0 Å². The number of aliphatic imine (C=N–C) groups is 4. The SMILES string of the molecule is OC1=NCCCCC1.OC1=NCCCCC1.OC1=NCCCCC1.OC1=NCCCCC1.[Rh].[Rh]. The number of aliphatic hydroxyl groups is 4. The summed E-state index contributed by atoms with van der Waals surface area (Å²) in [6, 6.07) is 0. The van der Waals surface area contributed by atoms with Crippen LogP contribution in [0.2, 0.25) is 0 Å². The Hall–Kier alpha value is -0.873. The van der Waals surface area contributed by atoms with Gasteiger partial charge in [0.2, 0.25) is 0 Å². The summed E-state index contributed by atoms with van der Waals surface area (Å²) < 4.78 is 0. The summed E-state index contributed by atoms with van der Waals surface area (Å²) in [5, 5.41) is 35.4. The molecule has 4 heterocycles. The topological polar surface area (TPSA) is 130 Å². The molecule has 0 spiro atoms. The molecule has 4 aliphatic rings. The number of aliphatic hydroxyl groups excluding tert-OH is 4. The van der Waals surface area contributed by atoms with Gasteiger partial charge in [0.15, 0.2) is 23.6 Å². The van der Waals surface area contributed by atoms with E-state index in [1.807, 2.05) is 0 Å². The fourth-order valence-corrected chi connectivity index (χ4v) is 3.44. The van der Waals surface area contributed by atoms with Gasteiger partial charge in [0, 0.05) is 90.8 Å². The van der Waals surface area contributed by atoms with Crippen molar-refractivity contribution in [3.63, 3.8) is 0 Å². The van der Waals surface area contributed by atoms with E-state index in [0.717, 1.165) is 103 Å². The quantitative estimate of drug-likeness (QED) is 0.236. The van der Waals surface area contributed by atoms with Gasteiger partial charge in [0.05, 0.1) is 0 Å². The first kappa shape index (κ1) is 35.3. The van der Waals surface area contributed by atoms with Crippen molar-refractivity contribution in [1.29, 1.82) is 0 Å². The Morgan fingerprint density at radius 2 is 0.529 bits per heavy atom. The van der Waals surface area contributed by atoms with Crippen LogP contribution >= 0.6 is 0 Å². The van der Waals surface area contributed by atoms with Crippen LogP contribution < -0.4 is 0 Å². The molecule has 0 atom stereocenters. The van der Waals surface area contributed by atoms with Gasteiger partial charge in [-0.3, -0.25) is 20.0 Å². The zero-order valence-corrected chi connectivity index (χ0v) is 23.7. The molecule has 10 heteroatoms. The molecule has 0 bridgehead atoms. The molecule has 0 fully saturated rings. The van der Waals surface area contributed by atoms with Gasteiger partial charge in [-0.25, -0.2) is 0 Å². The van der Waals surface area contributed by atoms with E-state index in [1.54, 1.807) is 0 Å². The van der Waals surface area contributed by atoms with Crippen LogP contribution in [0.3, 0.4) is 0 Å². The Labute approximate surface area is 231 Å². The van der Waals surface area contributed by atoms with E-state index in [4.69, 9.17) is 20.4 Å². The molecule has 0 aromatic carbocycles. The predicted molar refractivity (Wildman–Crippen MR) is 134 cm³/mol. The van der Waals surface area contributed by atoms with E-state index < -0.39 is 0 Å². The molecule has 0 aromatic heterocycles. The van der Waals surface area contributed by atoms with Gasteiger partial charge in [-0.15, -0.1) is 0 Å². The van der Waals surface area contributed by atoms with Crippen molar-refractivity contribution in [3.8, 4) is 0 Å². The Kier molecular flexibility index (Phi) is 26.2. The minimum Gasteiger partial charge on any atom is -0.497 e. The fourth-order valence-electron chi connectivity index (χ4n) is 3.44. The summed E-state index contributed by atoms with van der Waals surface area (Å²) in [5.41, 5.74) is 0. The van der Waals surface area contributed by atoms with Gasteiger partial charge in [-0.2, -0.15) is 0 Å². The second kappa shape index (κ2) is 25.2. The van der Waals surface area contributed by atoms with Gasteiger partial charge in [0.25, 0.3) is 0 Å². The average molecular weight is 658 g/mol. The summed E-state index contributed by atoms with van der Waals surface area (Å²) in [7, 11) is 0. The third-order valence-corrected chi connectivity index (χ3v) is 5.41. The number of hydrogen-bond acceptors (Lipinski definition) is 4. The first-order chi connectivity index (χ1) is 15.6. The average Bonchev–Trinajstić information content (AvgIpc) is 3.35. The van der Waals surface area contributed by atoms with E-state index in [1.165, 1.54) is 25.7 Å². The van der Waals surface area contributed by atoms with Crippen LogP contribution in [0.4, 0.5) is 0 Å².